The molecule has 0 amide bonds. The molecule has 0 bridgehead atoms. The van der Waals surface area contributed by atoms with Crippen LogP contribution in [0.3, 0.4) is 0 Å². The van der Waals surface area contributed by atoms with Crippen LogP contribution in [0.15, 0.2) is 18.2 Å². The second kappa shape index (κ2) is 6.09. The molecule has 1 saturated heterocycles. The van der Waals surface area contributed by atoms with E-state index in [0.717, 1.165) is 43.9 Å². The molecule has 0 spiro atoms. The second-order valence-corrected chi connectivity index (χ2v) is 5.19. The lowest BCUT2D eigenvalue weighted by atomic mass is 10.0. The fourth-order valence-corrected chi connectivity index (χ4v) is 2.55. The Bertz CT molecular complexity index is 607. The molecule has 3 rings (SSSR count). The molecule has 1 aromatic heterocycles. The number of hydrogen-bond acceptors (Lipinski definition) is 6. The van der Waals surface area contributed by atoms with E-state index in [9.17, 15) is 0 Å². The van der Waals surface area contributed by atoms with Crippen LogP contribution >= 0.6 is 0 Å². The maximum absolute atomic E-state index is 6.05. The van der Waals surface area contributed by atoms with E-state index in [1.165, 1.54) is 0 Å². The van der Waals surface area contributed by atoms with Crippen LogP contribution in [0, 0.1) is 5.92 Å². The number of benzene rings is 1. The first kappa shape index (κ1) is 13.8. The molecule has 0 saturated carbocycles. The Balaban J connectivity index is 1.87. The van der Waals surface area contributed by atoms with Crippen molar-refractivity contribution in [1.29, 1.82) is 0 Å². The van der Waals surface area contributed by atoms with Crippen molar-refractivity contribution in [1.82, 2.24) is 20.2 Å². The van der Waals surface area contributed by atoms with Gasteiger partial charge in [0.2, 0.25) is 0 Å². The molecule has 1 fully saturated rings. The lowest BCUT2D eigenvalue weighted by molar-refractivity contribution is 0.0601. The Morgan fingerprint density at radius 2 is 2.19 bits per heavy atom. The van der Waals surface area contributed by atoms with E-state index < -0.39 is 0 Å². The summed E-state index contributed by atoms with van der Waals surface area (Å²) in [6.45, 7) is 2.40. The third-order valence-electron chi connectivity index (χ3n) is 3.81. The van der Waals surface area contributed by atoms with Gasteiger partial charge in [0.15, 0.2) is 5.82 Å². The van der Waals surface area contributed by atoms with E-state index in [1.54, 1.807) is 7.11 Å². The number of nitrogens with two attached hydrogens (primary N) is 1. The first-order valence-electron chi connectivity index (χ1n) is 7.05. The topological polar surface area (TPSA) is 88.1 Å². The first-order valence-corrected chi connectivity index (χ1v) is 7.05. The summed E-state index contributed by atoms with van der Waals surface area (Å²) in [6, 6.07) is 5.49. The Hall–Kier alpha value is -2.15. The average Bonchev–Trinajstić information content (AvgIpc) is 2.97. The highest BCUT2D eigenvalue weighted by Gasteiger charge is 2.19. The summed E-state index contributed by atoms with van der Waals surface area (Å²) in [5.74, 6) is 1.95. The summed E-state index contributed by atoms with van der Waals surface area (Å²) in [7, 11) is 1.63. The Labute approximate surface area is 123 Å². The van der Waals surface area contributed by atoms with E-state index >= 15 is 0 Å². The van der Waals surface area contributed by atoms with Crippen LogP contribution in [-0.4, -0.2) is 40.5 Å². The van der Waals surface area contributed by atoms with Gasteiger partial charge in [-0.1, -0.05) is 0 Å². The van der Waals surface area contributed by atoms with E-state index in [2.05, 4.69) is 15.5 Å². The van der Waals surface area contributed by atoms with Gasteiger partial charge in [0.1, 0.15) is 5.75 Å². The first-order chi connectivity index (χ1) is 10.3. The minimum Gasteiger partial charge on any atom is -0.497 e. The van der Waals surface area contributed by atoms with Crippen molar-refractivity contribution in [2.75, 3.05) is 26.1 Å². The van der Waals surface area contributed by atoms with Gasteiger partial charge in [-0.25, -0.2) is 4.68 Å². The van der Waals surface area contributed by atoms with Gasteiger partial charge in [-0.2, -0.15) is 0 Å². The smallest absolute Gasteiger partial charge is 0.184 e. The van der Waals surface area contributed by atoms with Gasteiger partial charge in [0.25, 0.3) is 0 Å². The van der Waals surface area contributed by atoms with Crippen molar-refractivity contribution >= 4 is 5.69 Å². The fraction of sp³-hybridized carbons (Fsp3) is 0.500. The Kier molecular flexibility index (Phi) is 4.01. The summed E-state index contributed by atoms with van der Waals surface area (Å²) in [6.07, 6.45) is 2.07. The van der Waals surface area contributed by atoms with Gasteiger partial charge < -0.3 is 15.2 Å². The number of nitrogens with zero attached hydrogens (tertiary/aromatic N) is 4. The van der Waals surface area contributed by atoms with Gasteiger partial charge in [-0.05, 0) is 47.4 Å². The van der Waals surface area contributed by atoms with Gasteiger partial charge >= 0.3 is 0 Å². The highest BCUT2D eigenvalue weighted by atomic mass is 16.5. The van der Waals surface area contributed by atoms with Gasteiger partial charge in [0, 0.05) is 31.0 Å². The summed E-state index contributed by atoms with van der Waals surface area (Å²) in [5, 5.41) is 12.0. The van der Waals surface area contributed by atoms with E-state index in [1.807, 2.05) is 22.9 Å². The zero-order chi connectivity index (χ0) is 14.7. The Morgan fingerprint density at radius 3 is 2.95 bits per heavy atom. The van der Waals surface area contributed by atoms with Crippen LogP contribution in [0.1, 0.15) is 12.8 Å². The third kappa shape index (κ3) is 2.97. The van der Waals surface area contributed by atoms with Crippen LogP contribution in [0.5, 0.6) is 5.75 Å². The summed E-state index contributed by atoms with van der Waals surface area (Å²) in [5.41, 5.74) is 7.49. The van der Waals surface area contributed by atoms with Gasteiger partial charge in [0.05, 0.1) is 7.11 Å². The van der Waals surface area contributed by atoms with E-state index in [0.29, 0.717) is 17.4 Å². The van der Waals surface area contributed by atoms with Crippen LogP contribution in [0.4, 0.5) is 5.69 Å². The van der Waals surface area contributed by atoms with Crippen molar-refractivity contribution < 1.29 is 9.47 Å². The van der Waals surface area contributed by atoms with Crippen molar-refractivity contribution in [2.45, 2.75) is 19.4 Å². The average molecular weight is 289 g/mol. The third-order valence-corrected chi connectivity index (χ3v) is 3.81. The molecule has 21 heavy (non-hydrogen) atoms. The number of tetrazole rings is 1. The van der Waals surface area contributed by atoms with Crippen LogP contribution in [0.2, 0.25) is 0 Å². The monoisotopic (exact) mass is 289 g/mol. The second-order valence-electron chi connectivity index (χ2n) is 5.19. The van der Waals surface area contributed by atoms with Gasteiger partial charge in [-0.3, -0.25) is 0 Å². The molecular formula is C14H19N5O2. The lowest BCUT2D eigenvalue weighted by Crippen LogP contribution is -2.21. The predicted octanol–water partition coefficient (Wildman–Crippen LogP) is 1.36. The number of hydrogen-bond donors (Lipinski definition) is 1. The zero-order valence-corrected chi connectivity index (χ0v) is 12.0. The summed E-state index contributed by atoms with van der Waals surface area (Å²) >= 11 is 0. The molecule has 2 heterocycles. The molecule has 7 heteroatoms. The molecule has 1 aliphatic rings. The number of methoxy groups -OCH3 is 1. The number of nitrogen functional groups attached to an aromatic ring is 1. The van der Waals surface area contributed by atoms with Crippen molar-refractivity contribution in [2.24, 2.45) is 5.92 Å². The van der Waals surface area contributed by atoms with Crippen LogP contribution in [0.25, 0.3) is 11.4 Å². The lowest BCUT2D eigenvalue weighted by Gasteiger charge is -2.22. The van der Waals surface area contributed by atoms with E-state index in [-0.39, 0.29) is 0 Å². The number of anilines is 1. The number of aromatic nitrogens is 4. The summed E-state index contributed by atoms with van der Waals surface area (Å²) in [4.78, 5) is 0. The molecule has 0 radical (unpaired) electrons. The number of ether oxygens (including phenoxy) is 2. The van der Waals surface area contributed by atoms with Crippen molar-refractivity contribution in [3.05, 3.63) is 18.2 Å². The maximum atomic E-state index is 6.05. The quantitative estimate of drug-likeness (QED) is 0.855. The minimum atomic E-state index is 0.535. The largest absolute Gasteiger partial charge is 0.497 e. The molecule has 0 unspecified atom stereocenters. The molecule has 1 aliphatic heterocycles. The maximum Gasteiger partial charge on any atom is 0.184 e. The zero-order valence-electron chi connectivity index (χ0n) is 12.0. The standard InChI is InChI=1S/C14H19N5O2/c1-20-11-2-3-13(15)12(8-11)14-16-17-18-19(14)9-10-4-6-21-7-5-10/h2-3,8,10H,4-7,9,15H2,1H3. The normalized spacial score (nSPS) is 16.0. The fourth-order valence-electron chi connectivity index (χ4n) is 2.55. The minimum absolute atomic E-state index is 0.535. The molecule has 7 nitrogen and oxygen atoms in total. The molecule has 2 aromatic rings. The van der Waals surface area contributed by atoms with Crippen LogP contribution in [-0.2, 0) is 11.3 Å². The highest BCUT2D eigenvalue weighted by Crippen LogP contribution is 2.29. The molecule has 0 aliphatic carbocycles. The van der Waals surface area contributed by atoms with Crippen LogP contribution < -0.4 is 10.5 Å². The summed E-state index contributed by atoms with van der Waals surface area (Å²) < 4.78 is 12.5. The molecule has 0 atom stereocenters. The SMILES string of the molecule is COc1ccc(N)c(-c2nnnn2CC2CCOCC2)c1. The van der Waals surface area contributed by atoms with Crippen molar-refractivity contribution in [3.63, 3.8) is 0 Å². The molecular weight excluding hydrogens is 270 g/mol. The Morgan fingerprint density at radius 1 is 1.38 bits per heavy atom. The van der Waals surface area contributed by atoms with Gasteiger partial charge in [-0.15, -0.1) is 5.10 Å². The molecule has 1 aromatic carbocycles. The predicted molar refractivity (Wildman–Crippen MR) is 77.8 cm³/mol. The van der Waals surface area contributed by atoms with Crippen molar-refractivity contribution in [3.8, 4) is 17.1 Å². The van der Waals surface area contributed by atoms with E-state index in [4.69, 9.17) is 15.2 Å². The highest BCUT2D eigenvalue weighted by molar-refractivity contribution is 5.73. The number of rotatable bonds is 4. The molecule has 2 N–H and O–H groups in total. The molecule has 112 valence electrons.